The van der Waals surface area contributed by atoms with Gasteiger partial charge in [-0.15, -0.1) is 0 Å². The lowest BCUT2D eigenvalue weighted by Crippen LogP contribution is -2.23. The Morgan fingerprint density at radius 3 is 1.68 bits per heavy atom. The van der Waals surface area contributed by atoms with E-state index in [9.17, 15) is 13.0 Å². The maximum atomic E-state index is 11.8. The normalized spacial score (nSPS) is 11.7. The van der Waals surface area contributed by atoms with Crippen LogP contribution in [0.15, 0.2) is 77.7 Å². The Labute approximate surface area is 149 Å². The van der Waals surface area contributed by atoms with Crippen LogP contribution in [-0.4, -0.2) is 13.0 Å². The molecule has 0 aliphatic heterocycles. The number of benzene rings is 3. The van der Waals surface area contributed by atoms with Crippen LogP contribution in [-0.2, 0) is 10.1 Å². The maximum absolute atomic E-state index is 11.8. The van der Waals surface area contributed by atoms with Crippen LogP contribution in [0.25, 0.3) is 0 Å². The standard InChI is InChI=1S/C20H19O3PS/c1-15-13-16(2)20(25(21,22)23)14-19(15)24(17-9-5-3-6-10-17)18-11-7-4-8-12-18/h3-14H,1-2H3,(H,21,22,23). The molecule has 0 saturated heterocycles. The van der Waals surface area contributed by atoms with Gasteiger partial charge in [-0.1, -0.05) is 66.7 Å². The zero-order valence-corrected chi connectivity index (χ0v) is 15.8. The molecule has 5 heteroatoms. The van der Waals surface area contributed by atoms with Crippen molar-refractivity contribution in [1.29, 1.82) is 0 Å². The largest absolute Gasteiger partial charge is 0.294 e. The van der Waals surface area contributed by atoms with Crippen LogP contribution in [0, 0.1) is 13.8 Å². The fourth-order valence-corrected chi connectivity index (χ4v) is 6.21. The van der Waals surface area contributed by atoms with Gasteiger partial charge in [0.05, 0.1) is 4.90 Å². The summed E-state index contributed by atoms with van der Waals surface area (Å²) in [5, 5.41) is 3.21. The summed E-state index contributed by atoms with van der Waals surface area (Å²) in [4.78, 5) is -0.0209. The summed E-state index contributed by atoms with van der Waals surface area (Å²) in [6.07, 6.45) is 0. The Morgan fingerprint density at radius 2 is 1.24 bits per heavy atom. The molecule has 0 fully saturated rings. The van der Waals surface area contributed by atoms with E-state index in [1.54, 1.807) is 13.0 Å². The van der Waals surface area contributed by atoms with Crippen molar-refractivity contribution >= 4 is 34.0 Å². The predicted molar refractivity (Wildman–Crippen MR) is 104 cm³/mol. The quantitative estimate of drug-likeness (QED) is 0.566. The van der Waals surface area contributed by atoms with Gasteiger partial charge in [-0.3, -0.25) is 4.55 Å². The first-order valence-electron chi connectivity index (χ1n) is 7.87. The van der Waals surface area contributed by atoms with Crippen molar-refractivity contribution in [1.82, 2.24) is 0 Å². The van der Waals surface area contributed by atoms with E-state index in [0.29, 0.717) is 5.56 Å². The molecule has 1 N–H and O–H groups in total. The van der Waals surface area contributed by atoms with Gasteiger partial charge in [-0.2, -0.15) is 8.42 Å². The van der Waals surface area contributed by atoms with E-state index in [4.69, 9.17) is 0 Å². The highest BCUT2D eigenvalue weighted by atomic mass is 32.2. The molecule has 0 aliphatic carbocycles. The Kier molecular flexibility index (Phi) is 5.05. The first kappa shape index (κ1) is 17.8. The number of hydrogen-bond donors (Lipinski definition) is 1. The summed E-state index contributed by atoms with van der Waals surface area (Å²) in [6.45, 7) is 3.69. The van der Waals surface area contributed by atoms with Gasteiger partial charge in [0.15, 0.2) is 0 Å². The molecule has 3 nitrogen and oxygen atoms in total. The van der Waals surface area contributed by atoms with Gasteiger partial charge < -0.3 is 0 Å². The van der Waals surface area contributed by atoms with E-state index in [2.05, 4.69) is 24.3 Å². The fourth-order valence-electron chi connectivity index (χ4n) is 2.92. The van der Waals surface area contributed by atoms with Crippen molar-refractivity contribution < 1.29 is 13.0 Å². The molecule has 3 aromatic rings. The third kappa shape index (κ3) is 3.82. The summed E-state index contributed by atoms with van der Waals surface area (Å²) >= 11 is 0. The number of hydrogen-bond acceptors (Lipinski definition) is 2. The van der Waals surface area contributed by atoms with Crippen molar-refractivity contribution in [2.75, 3.05) is 0 Å². The molecule has 0 unspecified atom stereocenters. The van der Waals surface area contributed by atoms with Crippen LogP contribution in [0.4, 0.5) is 0 Å². The molecule has 3 aromatic carbocycles. The molecule has 0 atom stereocenters. The van der Waals surface area contributed by atoms with Crippen LogP contribution in [0.2, 0.25) is 0 Å². The summed E-state index contributed by atoms with van der Waals surface area (Å²) in [5.41, 5.74) is 1.57. The van der Waals surface area contributed by atoms with E-state index >= 15 is 0 Å². The Bertz CT molecular complexity index is 945. The zero-order valence-electron chi connectivity index (χ0n) is 14.0. The first-order valence-corrected chi connectivity index (χ1v) is 10.6. The Hall–Kier alpha value is -2.00. The molecule has 0 heterocycles. The smallest absolute Gasteiger partial charge is 0.282 e. The minimum atomic E-state index is -4.26. The molecule has 0 radical (unpaired) electrons. The molecule has 3 rings (SSSR count). The van der Waals surface area contributed by atoms with Gasteiger partial charge in [-0.25, -0.2) is 0 Å². The second-order valence-corrected chi connectivity index (χ2v) is 9.46. The minimum Gasteiger partial charge on any atom is -0.282 e. The maximum Gasteiger partial charge on any atom is 0.294 e. The highest BCUT2D eigenvalue weighted by Gasteiger charge is 2.22. The lowest BCUT2D eigenvalue weighted by atomic mass is 10.2. The molecule has 0 spiro atoms. The van der Waals surface area contributed by atoms with Crippen LogP contribution >= 0.6 is 7.92 Å². The minimum absolute atomic E-state index is 0.0209. The third-order valence-electron chi connectivity index (χ3n) is 4.04. The van der Waals surface area contributed by atoms with Crippen molar-refractivity contribution in [2.45, 2.75) is 18.7 Å². The second-order valence-electron chi connectivity index (χ2n) is 5.89. The average Bonchev–Trinajstić information content (AvgIpc) is 2.58. The van der Waals surface area contributed by atoms with E-state index in [1.807, 2.05) is 49.4 Å². The molecule has 0 saturated carbocycles. The number of rotatable bonds is 4. The summed E-state index contributed by atoms with van der Waals surface area (Å²) in [5.74, 6) is 0. The summed E-state index contributed by atoms with van der Waals surface area (Å²) in [7, 11) is -5.18. The van der Waals surface area contributed by atoms with Gasteiger partial charge in [-0.05, 0) is 54.9 Å². The van der Waals surface area contributed by atoms with Crippen molar-refractivity contribution in [3.8, 4) is 0 Å². The fraction of sp³-hybridized carbons (Fsp3) is 0.100. The topological polar surface area (TPSA) is 54.4 Å². The lowest BCUT2D eigenvalue weighted by Gasteiger charge is -2.22. The molecule has 0 amide bonds. The molecule has 0 aromatic heterocycles. The van der Waals surface area contributed by atoms with Crippen LogP contribution in [0.3, 0.4) is 0 Å². The van der Waals surface area contributed by atoms with Crippen molar-refractivity contribution in [3.63, 3.8) is 0 Å². The summed E-state index contributed by atoms with van der Waals surface area (Å²) in [6, 6.07) is 23.6. The van der Waals surface area contributed by atoms with Gasteiger partial charge in [0.2, 0.25) is 0 Å². The van der Waals surface area contributed by atoms with Gasteiger partial charge in [0.25, 0.3) is 10.1 Å². The van der Waals surface area contributed by atoms with E-state index in [1.165, 1.54) is 0 Å². The molecular weight excluding hydrogens is 351 g/mol. The highest BCUT2D eigenvalue weighted by Crippen LogP contribution is 2.35. The summed E-state index contributed by atoms with van der Waals surface area (Å²) < 4.78 is 33.1. The van der Waals surface area contributed by atoms with E-state index in [-0.39, 0.29) is 4.90 Å². The number of aryl methyl sites for hydroxylation is 2. The van der Waals surface area contributed by atoms with Crippen LogP contribution < -0.4 is 15.9 Å². The Balaban J connectivity index is 2.28. The van der Waals surface area contributed by atoms with Gasteiger partial charge >= 0.3 is 0 Å². The van der Waals surface area contributed by atoms with Gasteiger partial charge in [0.1, 0.15) is 0 Å². The Morgan fingerprint density at radius 1 is 0.760 bits per heavy atom. The van der Waals surface area contributed by atoms with Crippen LogP contribution in [0.1, 0.15) is 11.1 Å². The zero-order chi connectivity index (χ0) is 18.0. The molecule has 0 aliphatic rings. The van der Waals surface area contributed by atoms with E-state index < -0.39 is 18.0 Å². The molecular formula is C20H19O3PS. The SMILES string of the molecule is Cc1cc(C)c(S(=O)(=O)O)cc1P(c1ccccc1)c1ccccc1. The van der Waals surface area contributed by atoms with Gasteiger partial charge in [0, 0.05) is 0 Å². The van der Waals surface area contributed by atoms with Crippen molar-refractivity contribution in [2.24, 2.45) is 0 Å². The highest BCUT2D eigenvalue weighted by molar-refractivity contribution is 7.86. The predicted octanol–water partition coefficient (Wildman–Crippen LogP) is 3.31. The second kappa shape index (κ2) is 7.09. The van der Waals surface area contributed by atoms with Crippen molar-refractivity contribution in [3.05, 3.63) is 83.9 Å². The lowest BCUT2D eigenvalue weighted by molar-refractivity contribution is 0.482. The average molecular weight is 370 g/mol. The molecule has 0 bridgehead atoms. The molecule has 128 valence electrons. The first-order chi connectivity index (χ1) is 11.9. The van der Waals surface area contributed by atoms with Crippen LogP contribution in [0.5, 0.6) is 0 Å². The third-order valence-corrected chi connectivity index (χ3v) is 7.63. The molecule has 25 heavy (non-hydrogen) atoms. The van der Waals surface area contributed by atoms with E-state index in [0.717, 1.165) is 21.5 Å². The monoisotopic (exact) mass is 370 g/mol.